The molecule has 5 heteroatoms. The van der Waals surface area contributed by atoms with Crippen molar-refractivity contribution in [2.75, 3.05) is 5.88 Å². The van der Waals surface area contributed by atoms with Gasteiger partial charge in [0.2, 0.25) is 5.91 Å². The normalized spacial score (nSPS) is 12.2. The van der Waals surface area contributed by atoms with Gasteiger partial charge in [0.1, 0.15) is 11.6 Å². The van der Waals surface area contributed by atoms with Gasteiger partial charge < -0.3 is 5.32 Å². The lowest BCUT2D eigenvalue weighted by Gasteiger charge is -2.14. The SMILES string of the molecule is CC(NC(=O)CCCl)c1ccc(F)cc1F. The average molecular weight is 248 g/mol. The lowest BCUT2D eigenvalue weighted by molar-refractivity contribution is -0.121. The first-order valence-corrected chi connectivity index (χ1v) is 5.38. The van der Waals surface area contributed by atoms with Gasteiger partial charge in [-0.3, -0.25) is 4.79 Å². The minimum absolute atomic E-state index is 0.175. The van der Waals surface area contributed by atoms with E-state index in [2.05, 4.69) is 5.32 Å². The van der Waals surface area contributed by atoms with Crippen LogP contribution in [0.25, 0.3) is 0 Å². The van der Waals surface area contributed by atoms with E-state index in [1.54, 1.807) is 6.92 Å². The Hall–Kier alpha value is -1.16. The van der Waals surface area contributed by atoms with E-state index in [0.29, 0.717) is 0 Å². The Morgan fingerprint density at radius 1 is 1.50 bits per heavy atom. The zero-order valence-electron chi connectivity index (χ0n) is 8.77. The molecule has 0 saturated heterocycles. The molecule has 0 radical (unpaired) electrons. The molecule has 1 aromatic rings. The number of rotatable bonds is 4. The summed E-state index contributed by atoms with van der Waals surface area (Å²) in [6, 6.07) is 2.76. The van der Waals surface area contributed by atoms with E-state index >= 15 is 0 Å². The molecule has 0 heterocycles. The lowest BCUT2D eigenvalue weighted by Crippen LogP contribution is -2.27. The molecule has 0 bridgehead atoms. The fraction of sp³-hybridized carbons (Fsp3) is 0.364. The first kappa shape index (κ1) is 12.9. The van der Waals surface area contributed by atoms with E-state index in [0.717, 1.165) is 12.1 Å². The van der Waals surface area contributed by atoms with Gasteiger partial charge in [0.05, 0.1) is 6.04 Å². The smallest absolute Gasteiger partial charge is 0.221 e. The molecule has 0 spiro atoms. The number of carbonyl (C=O) groups is 1. The summed E-state index contributed by atoms with van der Waals surface area (Å²) in [5, 5.41) is 2.57. The molecule has 88 valence electrons. The predicted molar refractivity (Wildman–Crippen MR) is 58.3 cm³/mol. The molecule has 0 saturated carbocycles. The van der Waals surface area contributed by atoms with Crippen molar-refractivity contribution in [3.63, 3.8) is 0 Å². The maximum Gasteiger partial charge on any atom is 0.221 e. The van der Waals surface area contributed by atoms with Gasteiger partial charge >= 0.3 is 0 Å². The number of hydrogen-bond acceptors (Lipinski definition) is 1. The molecule has 0 fully saturated rings. The monoisotopic (exact) mass is 247 g/mol. The van der Waals surface area contributed by atoms with Gasteiger partial charge in [-0.25, -0.2) is 8.78 Å². The van der Waals surface area contributed by atoms with Crippen molar-refractivity contribution in [3.8, 4) is 0 Å². The van der Waals surface area contributed by atoms with Crippen LogP contribution in [0.15, 0.2) is 18.2 Å². The van der Waals surface area contributed by atoms with Crippen molar-refractivity contribution in [2.45, 2.75) is 19.4 Å². The average Bonchev–Trinajstić information content (AvgIpc) is 2.17. The Labute approximate surface area is 97.6 Å². The van der Waals surface area contributed by atoms with Gasteiger partial charge in [0.15, 0.2) is 0 Å². The molecular weight excluding hydrogens is 236 g/mol. The highest BCUT2D eigenvalue weighted by Gasteiger charge is 2.13. The van der Waals surface area contributed by atoms with E-state index in [-0.39, 0.29) is 23.8 Å². The van der Waals surface area contributed by atoms with Crippen LogP contribution in [0.1, 0.15) is 24.9 Å². The molecule has 1 aromatic carbocycles. The second-order valence-electron chi connectivity index (χ2n) is 3.39. The third kappa shape index (κ3) is 3.45. The van der Waals surface area contributed by atoms with Gasteiger partial charge in [-0.15, -0.1) is 11.6 Å². The Morgan fingerprint density at radius 3 is 2.75 bits per heavy atom. The van der Waals surface area contributed by atoms with Crippen LogP contribution in [0.2, 0.25) is 0 Å². The van der Waals surface area contributed by atoms with Crippen molar-refractivity contribution in [1.82, 2.24) is 5.32 Å². The summed E-state index contributed by atoms with van der Waals surface area (Å²) >= 11 is 5.39. The van der Waals surface area contributed by atoms with Crippen LogP contribution < -0.4 is 5.32 Å². The Morgan fingerprint density at radius 2 is 2.19 bits per heavy atom. The molecule has 16 heavy (non-hydrogen) atoms. The third-order valence-electron chi connectivity index (χ3n) is 2.13. The lowest BCUT2D eigenvalue weighted by atomic mass is 10.1. The summed E-state index contributed by atoms with van der Waals surface area (Å²) in [4.78, 5) is 11.2. The van der Waals surface area contributed by atoms with E-state index in [4.69, 9.17) is 11.6 Å². The van der Waals surface area contributed by atoms with Crippen molar-refractivity contribution in [3.05, 3.63) is 35.4 Å². The van der Waals surface area contributed by atoms with E-state index in [1.165, 1.54) is 6.07 Å². The summed E-state index contributed by atoms with van der Waals surface area (Å²) in [6.45, 7) is 1.63. The number of halogens is 3. The summed E-state index contributed by atoms with van der Waals surface area (Å²) < 4.78 is 26.0. The number of hydrogen-bond donors (Lipinski definition) is 1. The van der Waals surface area contributed by atoms with Crippen LogP contribution in [0, 0.1) is 11.6 Å². The van der Waals surface area contributed by atoms with E-state index in [9.17, 15) is 13.6 Å². The number of benzene rings is 1. The van der Waals surface area contributed by atoms with Crippen molar-refractivity contribution in [2.24, 2.45) is 0 Å². The number of nitrogens with one attached hydrogen (secondary N) is 1. The Kier molecular flexibility index (Phi) is 4.68. The van der Waals surface area contributed by atoms with Crippen LogP contribution >= 0.6 is 11.6 Å². The summed E-state index contributed by atoms with van der Waals surface area (Å²) in [5.41, 5.74) is 0.254. The minimum atomic E-state index is -0.668. The van der Waals surface area contributed by atoms with Crippen LogP contribution in [0.3, 0.4) is 0 Å². The molecule has 2 nitrogen and oxygen atoms in total. The largest absolute Gasteiger partial charge is 0.349 e. The van der Waals surface area contributed by atoms with Gasteiger partial charge in [-0.1, -0.05) is 6.07 Å². The fourth-order valence-corrected chi connectivity index (χ4v) is 1.50. The van der Waals surface area contributed by atoms with Gasteiger partial charge in [-0.2, -0.15) is 0 Å². The molecular formula is C11H12ClF2NO. The minimum Gasteiger partial charge on any atom is -0.349 e. The standard InChI is InChI=1S/C11H12ClF2NO/c1-7(15-11(16)4-5-12)9-3-2-8(13)6-10(9)14/h2-3,6-7H,4-5H2,1H3,(H,15,16). The van der Waals surface area contributed by atoms with Crippen molar-refractivity contribution >= 4 is 17.5 Å². The molecule has 1 atom stereocenters. The van der Waals surface area contributed by atoms with Crippen LogP contribution in [-0.4, -0.2) is 11.8 Å². The first-order valence-electron chi connectivity index (χ1n) is 4.85. The summed E-state index contributed by atoms with van der Waals surface area (Å²) in [7, 11) is 0. The highest BCUT2D eigenvalue weighted by molar-refractivity contribution is 6.18. The first-order chi connectivity index (χ1) is 7.54. The molecule has 1 unspecified atom stereocenters. The quantitative estimate of drug-likeness (QED) is 0.815. The Bertz CT molecular complexity index is 384. The van der Waals surface area contributed by atoms with Crippen molar-refractivity contribution < 1.29 is 13.6 Å². The van der Waals surface area contributed by atoms with Crippen LogP contribution in [-0.2, 0) is 4.79 Å². The highest BCUT2D eigenvalue weighted by atomic mass is 35.5. The zero-order chi connectivity index (χ0) is 12.1. The molecule has 0 aliphatic heterocycles. The van der Waals surface area contributed by atoms with Crippen LogP contribution in [0.4, 0.5) is 8.78 Å². The number of amides is 1. The molecule has 1 N–H and O–H groups in total. The second-order valence-corrected chi connectivity index (χ2v) is 3.77. The topological polar surface area (TPSA) is 29.1 Å². The maximum absolute atomic E-state index is 13.3. The molecule has 0 aromatic heterocycles. The number of carbonyl (C=O) groups excluding carboxylic acids is 1. The van der Waals surface area contributed by atoms with E-state index in [1.807, 2.05) is 0 Å². The van der Waals surface area contributed by atoms with Gasteiger partial charge in [-0.05, 0) is 13.0 Å². The van der Waals surface area contributed by atoms with Gasteiger partial charge in [0.25, 0.3) is 0 Å². The number of alkyl halides is 1. The fourth-order valence-electron chi connectivity index (χ4n) is 1.33. The molecule has 0 aliphatic rings. The zero-order valence-corrected chi connectivity index (χ0v) is 9.52. The highest BCUT2D eigenvalue weighted by Crippen LogP contribution is 2.17. The molecule has 0 aliphatic carbocycles. The van der Waals surface area contributed by atoms with Crippen molar-refractivity contribution in [1.29, 1.82) is 0 Å². The predicted octanol–water partition coefficient (Wildman–Crippen LogP) is 2.77. The van der Waals surface area contributed by atoms with Gasteiger partial charge in [0, 0.05) is 23.9 Å². The van der Waals surface area contributed by atoms with Crippen LogP contribution in [0.5, 0.6) is 0 Å². The summed E-state index contributed by atoms with van der Waals surface area (Å²) in [5.74, 6) is -1.35. The maximum atomic E-state index is 13.3. The van der Waals surface area contributed by atoms with E-state index < -0.39 is 17.7 Å². The molecule has 1 rings (SSSR count). The third-order valence-corrected chi connectivity index (χ3v) is 2.32. The Balaban J connectivity index is 2.72. The molecule has 1 amide bonds. The second kappa shape index (κ2) is 5.80. The summed E-state index contributed by atoms with van der Waals surface area (Å²) in [6.07, 6.45) is 0.175.